The molecule has 0 fully saturated rings. The predicted molar refractivity (Wildman–Crippen MR) is 70.8 cm³/mol. The van der Waals surface area contributed by atoms with Crippen LogP contribution in [0.4, 0.5) is 0 Å². The second-order valence-electron chi connectivity index (χ2n) is 3.46. The summed E-state index contributed by atoms with van der Waals surface area (Å²) in [4.78, 5) is 15.0. The number of phenolic OH excluding ortho intramolecular Hbond substituents is 2. The van der Waals surface area contributed by atoms with Crippen LogP contribution in [0.15, 0.2) is 27.9 Å². The van der Waals surface area contributed by atoms with Gasteiger partial charge in [-0.2, -0.15) is 0 Å². The van der Waals surface area contributed by atoms with E-state index in [4.69, 9.17) is 5.73 Å². The van der Waals surface area contributed by atoms with Crippen molar-refractivity contribution >= 4 is 29.0 Å². The van der Waals surface area contributed by atoms with Gasteiger partial charge in [0, 0.05) is 10.9 Å². The molecule has 0 atom stereocenters. The number of benzene rings is 1. The summed E-state index contributed by atoms with van der Waals surface area (Å²) >= 11 is 2.67. The van der Waals surface area contributed by atoms with Crippen LogP contribution >= 0.6 is 23.1 Å². The lowest BCUT2D eigenvalue weighted by Crippen LogP contribution is -2.12. The molecule has 0 unspecified atom stereocenters. The smallest absolute Gasteiger partial charge is 0.227 e. The number of carbonyl (C=O) groups is 1. The summed E-state index contributed by atoms with van der Waals surface area (Å²) in [5.41, 5.74) is 6.43. The standard InChI is InChI=1S/C11H10N2O3S2/c12-10(16)5-18-11-13-7(4-17-11)6-1-2-8(14)9(15)3-6/h1-4,14-15H,5H2,(H2,12,16). The molecule has 18 heavy (non-hydrogen) atoms. The summed E-state index contributed by atoms with van der Waals surface area (Å²) < 4.78 is 0.733. The van der Waals surface area contributed by atoms with Gasteiger partial charge in [0.15, 0.2) is 15.8 Å². The van der Waals surface area contributed by atoms with Gasteiger partial charge in [0.05, 0.1) is 11.4 Å². The molecule has 1 heterocycles. The van der Waals surface area contributed by atoms with Gasteiger partial charge in [0.25, 0.3) is 0 Å². The van der Waals surface area contributed by atoms with E-state index in [0.717, 1.165) is 4.34 Å². The number of carbonyl (C=O) groups excluding carboxylic acids is 1. The maximum absolute atomic E-state index is 10.6. The molecular formula is C11H10N2O3S2. The number of aromatic hydroxyl groups is 2. The number of nitrogens with zero attached hydrogens (tertiary/aromatic N) is 1. The predicted octanol–water partition coefficient (Wildman–Crippen LogP) is 1.80. The lowest BCUT2D eigenvalue weighted by Gasteiger charge is -2.00. The van der Waals surface area contributed by atoms with Crippen molar-refractivity contribution in [1.82, 2.24) is 4.98 Å². The average Bonchev–Trinajstić information content (AvgIpc) is 2.79. The van der Waals surface area contributed by atoms with Gasteiger partial charge in [-0.1, -0.05) is 11.8 Å². The first-order valence-corrected chi connectivity index (χ1v) is 6.82. The number of nitrogens with two attached hydrogens (primary N) is 1. The number of hydrogen-bond donors (Lipinski definition) is 3. The Morgan fingerprint density at radius 1 is 1.39 bits per heavy atom. The number of rotatable bonds is 4. The Labute approximate surface area is 111 Å². The number of thiazole rings is 1. The van der Waals surface area contributed by atoms with E-state index in [0.29, 0.717) is 11.3 Å². The third kappa shape index (κ3) is 2.93. The molecule has 7 heteroatoms. The summed E-state index contributed by atoms with van der Waals surface area (Å²) in [6.45, 7) is 0. The first-order valence-electron chi connectivity index (χ1n) is 4.95. The number of aromatic nitrogens is 1. The van der Waals surface area contributed by atoms with Crippen LogP contribution in [-0.4, -0.2) is 26.9 Å². The van der Waals surface area contributed by atoms with E-state index >= 15 is 0 Å². The van der Waals surface area contributed by atoms with Gasteiger partial charge in [-0.3, -0.25) is 4.79 Å². The molecule has 0 aliphatic rings. The maximum Gasteiger partial charge on any atom is 0.227 e. The summed E-state index contributed by atoms with van der Waals surface area (Å²) in [5, 5.41) is 20.4. The van der Waals surface area contributed by atoms with Crippen LogP contribution in [0.25, 0.3) is 11.3 Å². The quantitative estimate of drug-likeness (QED) is 0.587. The van der Waals surface area contributed by atoms with Crippen LogP contribution < -0.4 is 5.73 Å². The van der Waals surface area contributed by atoms with Gasteiger partial charge in [-0.05, 0) is 18.2 Å². The Balaban J connectivity index is 2.18. The van der Waals surface area contributed by atoms with Crippen molar-refractivity contribution in [2.75, 3.05) is 5.75 Å². The molecule has 0 saturated heterocycles. The minimum absolute atomic E-state index is 0.169. The molecule has 0 aliphatic carbocycles. The fourth-order valence-corrected chi connectivity index (χ4v) is 2.85. The lowest BCUT2D eigenvalue weighted by molar-refractivity contribution is -0.115. The first-order chi connectivity index (χ1) is 8.56. The molecule has 1 amide bonds. The van der Waals surface area contributed by atoms with Gasteiger partial charge in [-0.15, -0.1) is 11.3 Å². The van der Waals surface area contributed by atoms with Crippen molar-refractivity contribution in [3.8, 4) is 22.8 Å². The molecule has 0 aliphatic heterocycles. The van der Waals surface area contributed by atoms with E-state index in [1.54, 1.807) is 6.07 Å². The largest absolute Gasteiger partial charge is 0.504 e. The minimum Gasteiger partial charge on any atom is -0.504 e. The third-order valence-corrected chi connectivity index (χ3v) is 4.14. The number of primary amides is 1. The van der Waals surface area contributed by atoms with E-state index < -0.39 is 0 Å². The van der Waals surface area contributed by atoms with E-state index in [2.05, 4.69) is 4.98 Å². The summed E-state index contributed by atoms with van der Waals surface area (Å²) in [7, 11) is 0. The highest BCUT2D eigenvalue weighted by molar-refractivity contribution is 8.01. The number of amides is 1. The normalized spacial score (nSPS) is 10.4. The molecule has 0 saturated carbocycles. The maximum atomic E-state index is 10.6. The summed E-state index contributed by atoms with van der Waals surface area (Å²) in [6.07, 6.45) is 0. The topological polar surface area (TPSA) is 96.4 Å². The van der Waals surface area contributed by atoms with Crippen LogP contribution in [0.2, 0.25) is 0 Å². The Bertz CT molecular complexity index is 583. The molecule has 1 aromatic heterocycles. The number of hydrogen-bond acceptors (Lipinski definition) is 6. The van der Waals surface area contributed by atoms with Crippen molar-refractivity contribution in [3.05, 3.63) is 23.6 Å². The zero-order valence-corrected chi connectivity index (χ0v) is 10.8. The molecule has 94 valence electrons. The van der Waals surface area contributed by atoms with E-state index in [1.165, 1.54) is 35.2 Å². The van der Waals surface area contributed by atoms with Crippen LogP contribution in [-0.2, 0) is 4.79 Å². The average molecular weight is 282 g/mol. The molecule has 0 radical (unpaired) electrons. The molecular weight excluding hydrogens is 272 g/mol. The van der Waals surface area contributed by atoms with Crippen LogP contribution in [0, 0.1) is 0 Å². The van der Waals surface area contributed by atoms with Crippen molar-refractivity contribution < 1.29 is 15.0 Å². The van der Waals surface area contributed by atoms with E-state index in [-0.39, 0.29) is 23.2 Å². The van der Waals surface area contributed by atoms with E-state index in [1.807, 2.05) is 5.38 Å². The Hall–Kier alpha value is -1.73. The second kappa shape index (κ2) is 5.28. The number of thioether (sulfide) groups is 1. The van der Waals surface area contributed by atoms with Gasteiger partial charge < -0.3 is 15.9 Å². The Morgan fingerprint density at radius 2 is 2.17 bits per heavy atom. The van der Waals surface area contributed by atoms with E-state index in [9.17, 15) is 15.0 Å². The minimum atomic E-state index is -0.390. The molecule has 2 aromatic rings. The highest BCUT2D eigenvalue weighted by Gasteiger charge is 2.08. The highest BCUT2D eigenvalue weighted by atomic mass is 32.2. The van der Waals surface area contributed by atoms with Gasteiger partial charge in [-0.25, -0.2) is 4.98 Å². The van der Waals surface area contributed by atoms with Crippen molar-refractivity contribution in [2.24, 2.45) is 5.73 Å². The fraction of sp³-hybridized carbons (Fsp3) is 0.0909. The number of phenols is 2. The Kier molecular flexibility index (Phi) is 3.73. The van der Waals surface area contributed by atoms with Gasteiger partial charge >= 0.3 is 0 Å². The van der Waals surface area contributed by atoms with Crippen LogP contribution in [0.3, 0.4) is 0 Å². The van der Waals surface area contributed by atoms with Crippen LogP contribution in [0.1, 0.15) is 0 Å². The van der Waals surface area contributed by atoms with Crippen molar-refractivity contribution in [2.45, 2.75) is 4.34 Å². The lowest BCUT2D eigenvalue weighted by atomic mass is 10.1. The SMILES string of the molecule is NC(=O)CSc1nc(-c2ccc(O)c(O)c2)cs1. The van der Waals surface area contributed by atoms with Gasteiger partial charge in [0.1, 0.15) is 0 Å². The first kappa shape index (κ1) is 12.7. The zero-order valence-electron chi connectivity index (χ0n) is 9.16. The second-order valence-corrected chi connectivity index (χ2v) is 5.54. The van der Waals surface area contributed by atoms with Crippen molar-refractivity contribution in [3.63, 3.8) is 0 Å². The summed E-state index contributed by atoms with van der Waals surface area (Å²) in [5.74, 6) is -0.559. The van der Waals surface area contributed by atoms with Crippen molar-refractivity contribution in [1.29, 1.82) is 0 Å². The highest BCUT2D eigenvalue weighted by Crippen LogP contribution is 2.32. The summed E-state index contributed by atoms with van der Waals surface area (Å²) in [6, 6.07) is 4.50. The van der Waals surface area contributed by atoms with Crippen LogP contribution in [0.5, 0.6) is 11.5 Å². The van der Waals surface area contributed by atoms with Gasteiger partial charge in [0.2, 0.25) is 5.91 Å². The molecule has 0 spiro atoms. The Morgan fingerprint density at radius 3 is 2.83 bits per heavy atom. The fourth-order valence-electron chi connectivity index (χ4n) is 1.27. The molecule has 2 rings (SSSR count). The third-order valence-electron chi connectivity index (χ3n) is 2.09. The molecule has 1 aromatic carbocycles. The zero-order chi connectivity index (χ0) is 13.1. The molecule has 4 N–H and O–H groups in total. The monoisotopic (exact) mass is 282 g/mol. The molecule has 0 bridgehead atoms. The molecule has 5 nitrogen and oxygen atoms in total.